The molecule has 0 atom stereocenters. The molecule has 0 radical (unpaired) electrons. The average molecular weight is 439 g/mol. The van der Waals surface area contributed by atoms with E-state index < -0.39 is 34.9 Å². The lowest BCUT2D eigenvalue weighted by Crippen LogP contribution is -2.36. The van der Waals surface area contributed by atoms with Crippen LogP contribution in [0, 0.1) is 5.41 Å². The number of halogens is 4. The number of rotatable bonds is 3. The quantitative estimate of drug-likeness (QED) is 0.403. The van der Waals surface area contributed by atoms with Gasteiger partial charge in [-0.15, -0.1) is 0 Å². The molecule has 5 nitrogen and oxygen atoms in total. The van der Waals surface area contributed by atoms with Crippen molar-refractivity contribution in [2.45, 2.75) is 12.6 Å². The van der Waals surface area contributed by atoms with E-state index in [9.17, 15) is 23.1 Å². The summed E-state index contributed by atoms with van der Waals surface area (Å²) in [4.78, 5) is 13.1. The van der Waals surface area contributed by atoms with Crippen molar-refractivity contribution in [1.29, 1.82) is 5.41 Å². The fourth-order valence-electron chi connectivity index (χ4n) is 3.32. The van der Waals surface area contributed by atoms with Crippen LogP contribution in [0.4, 0.5) is 13.2 Å². The molecule has 0 aromatic heterocycles. The van der Waals surface area contributed by atoms with Gasteiger partial charge in [-0.3, -0.25) is 5.41 Å². The predicted molar refractivity (Wildman–Crippen MR) is 107 cm³/mol. The van der Waals surface area contributed by atoms with Gasteiger partial charge in [-0.25, -0.2) is 4.79 Å². The Labute approximate surface area is 175 Å². The molecule has 30 heavy (non-hydrogen) atoms. The number of benzene rings is 2. The zero-order valence-corrected chi connectivity index (χ0v) is 16.6. The van der Waals surface area contributed by atoms with E-state index in [1.165, 1.54) is 18.1 Å². The molecule has 0 unspecified atom stereocenters. The molecule has 0 fully saturated rings. The van der Waals surface area contributed by atoms with Gasteiger partial charge in [0, 0.05) is 18.1 Å². The van der Waals surface area contributed by atoms with Crippen molar-refractivity contribution in [2.75, 3.05) is 20.2 Å². The van der Waals surface area contributed by atoms with E-state index in [0.717, 1.165) is 23.8 Å². The smallest absolute Gasteiger partial charge is 0.417 e. The number of nitrogens with one attached hydrogen (secondary N) is 1. The van der Waals surface area contributed by atoms with Crippen LogP contribution in [-0.2, 0) is 10.9 Å². The second-order valence-electron chi connectivity index (χ2n) is 6.66. The molecule has 9 heteroatoms. The maximum absolute atomic E-state index is 13.3. The van der Waals surface area contributed by atoms with Gasteiger partial charge in [-0.2, -0.15) is 13.2 Å². The summed E-state index contributed by atoms with van der Waals surface area (Å²) in [6.07, 6.45) is -2.50. The lowest BCUT2D eigenvalue weighted by molar-refractivity contribution is -0.137. The molecule has 158 valence electrons. The van der Waals surface area contributed by atoms with Crippen molar-refractivity contribution in [1.82, 2.24) is 4.90 Å². The number of amidine groups is 1. The van der Waals surface area contributed by atoms with Crippen molar-refractivity contribution < 1.29 is 27.8 Å². The summed E-state index contributed by atoms with van der Waals surface area (Å²) in [5.74, 6) is -1.50. The number of phenols is 1. The minimum atomic E-state index is -4.69. The number of esters is 1. The van der Waals surface area contributed by atoms with Crippen LogP contribution in [0.25, 0.3) is 5.57 Å². The summed E-state index contributed by atoms with van der Waals surface area (Å²) < 4.78 is 44.6. The Morgan fingerprint density at radius 3 is 2.57 bits per heavy atom. The lowest BCUT2D eigenvalue weighted by Gasteiger charge is -2.30. The molecule has 1 heterocycles. The predicted octanol–water partition coefficient (Wildman–Crippen LogP) is 4.97. The van der Waals surface area contributed by atoms with Crippen molar-refractivity contribution in [3.05, 3.63) is 69.8 Å². The molecule has 0 spiro atoms. The minimum absolute atomic E-state index is 0.175. The fourth-order valence-corrected chi connectivity index (χ4v) is 3.62. The van der Waals surface area contributed by atoms with Crippen molar-refractivity contribution >= 4 is 29.0 Å². The average Bonchev–Trinajstić information content (AvgIpc) is 2.72. The van der Waals surface area contributed by atoms with E-state index >= 15 is 0 Å². The Bertz CT molecular complexity index is 1030. The molecule has 2 aromatic rings. The summed E-state index contributed by atoms with van der Waals surface area (Å²) in [5.41, 5.74) is 0.277. The van der Waals surface area contributed by atoms with Gasteiger partial charge in [0.15, 0.2) is 0 Å². The number of methoxy groups -OCH3 is 1. The van der Waals surface area contributed by atoms with E-state index in [-0.39, 0.29) is 13.1 Å². The maximum Gasteiger partial charge on any atom is 0.417 e. The zero-order valence-electron chi connectivity index (χ0n) is 15.9. The third-order valence-electron chi connectivity index (χ3n) is 4.85. The highest BCUT2D eigenvalue weighted by Crippen LogP contribution is 2.37. The van der Waals surface area contributed by atoms with Crippen LogP contribution in [0.2, 0.25) is 5.02 Å². The number of phenolic OH excluding ortho intramolecular Hbond substituents is 1. The van der Waals surface area contributed by atoms with Gasteiger partial charge in [0.25, 0.3) is 0 Å². The van der Waals surface area contributed by atoms with Gasteiger partial charge < -0.3 is 14.7 Å². The first-order chi connectivity index (χ1) is 14.1. The molecular weight excluding hydrogens is 421 g/mol. The third kappa shape index (κ3) is 4.28. The maximum atomic E-state index is 13.3. The first kappa shape index (κ1) is 21.7. The van der Waals surface area contributed by atoms with E-state index in [1.54, 1.807) is 18.2 Å². The highest BCUT2D eigenvalue weighted by molar-refractivity contribution is 6.32. The molecular formula is C21H18ClF3N2O3. The van der Waals surface area contributed by atoms with E-state index in [1.807, 2.05) is 0 Å². The fraction of sp³-hybridized carbons (Fsp3) is 0.238. The number of aromatic hydroxyl groups is 1. The number of hydrogen-bond acceptors (Lipinski definition) is 4. The molecule has 1 aliphatic heterocycles. The highest BCUT2D eigenvalue weighted by atomic mass is 35.5. The zero-order chi connectivity index (χ0) is 22.1. The molecule has 1 aliphatic rings. The SMILES string of the molecule is COC(=O)c1ccc(C2=CCN(C(=N)c3c(O)cccc3C(F)(F)F)CC2)c(Cl)c1. The monoisotopic (exact) mass is 438 g/mol. The Kier molecular flexibility index (Phi) is 6.07. The standard InChI is InChI=1S/C21H18ClF3N2O3/c1-30-20(29)13-5-6-14(16(22)11-13)12-7-9-27(10-8-12)19(26)18-15(21(23,24)25)3-2-4-17(18)28/h2-7,11,26,28H,8-10H2,1H3. The number of hydrogen-bond donors (Lipinski definition) is 2. The second-order valence-corrected chi connectivity index (χ2v) is 7.06. The molecule has 2 aromatic carbocycles. The van der Waals surface area contributed by atoms with Crippen LogP contribution >= 0.6 is 11.6 Å². The molecule has 0 aliphatic carbocycles. The van der Waals surface area contributed by atoms with Gasteiger partial charge in [0.2, 0.25) is 0 Å². The molecule has 3 rings (SSSR count). The topological polar surface area (TPSA) is 73.6 Å². The summed E-state index contributed by atoms with van der Waals surface area (Å²) in [6.45, 7) is 0.445. The van der Waals surface area contributed by atoms with E-state index in [0.29, 0.717) is 22.6 Å². The lowest BCUT2D eigenvalue weighted by atomic mass is 9.97. The van der Waals surface area contributed by atoms with Crippen molar-refractivity contribution in [2.24, 2.45) is 0 Å². The van der Waals surface area contributed by atoms with Crippen LogP contribution in [0.5, 0.6) is 5.75 Å². The molecule has 0 saturated heterocycles. The highest BCUT2D eigenvalue weighted by Gasteiger charge is 2.36. The number of carbonyl (C=O) groups excluding carboxylic acids is 1. The first-order valence-electron chi connectivity index (χ1n) is 8.93. The molecule has 0 bridgehead atoms. The van der Waals surface area contributed by atoms with Crippen LogP contribution in [-0.4, -0.2) is 42.0 Å². The normalized spacial score (nSPS) is 14.3. The summed E-state index contributed by atoms with van der Waals surface area (Å²) >= 11 is 6.29. The van der Waals surface area contributed by atoms with Crippen molar-refractivity contribution in [3.8, 4) is 5.75 Å². The van der Waals surface area contributed by atoms with Crippen LogP contribution < -0.4 is 0 Å². The summed E-state index contributed by atoms with van der Waals surface area (Å²) in [6, 6.07) is 7.84. The molecule has 0 saturated carbocycles. The van der Waals surface area contributed by atoms with Crippen LogP contribution in [0.15, 0.2) is 42.5 Å². The number of alkyl halides is 3. The number of nitrogens with zero attached hydrogens (tertiary/aromatic N) is 1. The van der Waals surface area contributed by atoms with Gasteiger partial charge in [0.05, 0.1) is 23.8 Å². The third-order valence-corrected chi connectivity index (χ3v) is 5.16. The minimum Gasteiger partial charge on any atom is -0.507 e. The van der Waals surface area contributed by atoms with Crippen molar-refractivity contribution in [3.63, 3.8) is 0 Å². The van der Waals surface area contributed by atoms with Gasteiger partial charge in [-0.1, -0.05) is 29.8 Å². The van der Waals surface area contributed by atoms with Crippen LogP contribution in [0.3, 0.4) is 0 Å². The summed E-state index contributed by atoms with van der Waals surface area (Å²) in [7, 11) is 1.27. The second kappa shape index (κ2) is 8.39. The van der Waals surface area contributed by atoms with Crippen LogP contribution in [0.1, 0.15) is 33.5 Å². The number of carbonyl (C=O) groups is 1. The van der Waals surface area contributed by atoms with Gasteiger partial charge in [0.1, 0.15) is 11.6 Å². The van der Waals surface area contributed by atoms with Gasteiger partial charge in [-0.05, 0) is 41.8 Å². The summed E-state index contributed by atoms with van der Waals surface area (Å²) in [5, 5.41) is 18.6. The number of ether oxygens (including phenoxy) is 1. The Hall–Kier alpha value is -3.00. The largest absolute Gasteiger partial charge is 0.507 e. The first-order valence-corrected chi connectivity index (χ1v) is 9.31. The van der Waals surface area contributed by atoms with E-state index in [2.05, 4.69) is 4.74 Å². The van der Waals surface area contributed by atoms with E-state index in [4.69, 9.17) is 17.0 Å². The Morgan fingerprint density at radius 2 is 2.00 bits per heavy atom. The molecule has 2 N–H and O–H groups in total. The van der Waals surface area contributed by atoms with Gasteiger partial charge >= 0.3 is 12.1 Å². The Balaban J connectivity index is 1.84. The Morgan fingerprint density at radius 1 is 1.27 bits per heavy atom. The molecule has 0 amide bonds.